The van der Waals surface area contributed by atoms with Crippen molar-refractivity contribution in [2.45, 2.75) is 31.2 Å². The molecule has 0 saturated carbocycles. The largest absolute Gasteiger partial charge is 0.344 e. The summed E-state index contributed by atoms with van der Waals surface area (Å²) in [5.74, 6) is 0. The number of rotatable bonds is 4. The highest BCUT2D eigenvalue weighted by atomic mass is 32.2. The van der Waals surface area contributed by atoms with E-state index in [1.54, 1.807) is 12.1 Å². The molecule has 0 saturated heterocycles. The summed E-state index contributed by atoms with van der Waals surface area (Å²) >= 11 is 1.04. The molecule has 6 heteroatoms. The number of thioether (sulfide) groups is 1. The van der Waals surface area contributed by atoms with E-state index in [1.165, 1.54) is 12.1 Å². The molecule has 0 spiro atoms. The van der Waals surface area contributed by atoms with Crippen molar-refractivity contribution in [3.05, 3.63) is 34.4 Å². The van der Waals surface area contributed by atoms with Crippen molar-refractivity contribution in [2.24, 2.45) is 0 Å². The smallest absolute Gasteiger partial charge is 0.284 e. The van der Waals surface area contributed by atoms with E-state index in [1.807, 2.05) is 13.8 Å². The van der Waals surface area contributed by atoms with E-state index in [0.29, 0.717) is 4.90 Å². The van der Waals surface area contributed by atoms with E-state index in [-0.39, 0.29) is 17.0 Å². The molecule has 92 valence electrons. The number of amides is 1. The molecule has 17 heavy (non-hydrogen) atoms. The van der Waals surface area contributed by atoms with Crippen LogP contribution >= 0.6 is 11.8 Å². The van der Waals surface area contributed by atoms with Gasteiger partial charge in [-0.2, -0.15) is 0 Å². The molecule has 0 radical (unpaired) electrons. The zero-order valence-electron chi connectivity index (χ0n) is 9.67. The summed E-state index contributed by atoms with van der Waals surface area (Å²) in [7, 11) is 0. The number of carbonyl (C=O) groups excluding carboxylic acids is 1. The van der Waals surface area contributed by atoms with Gasteiger partial charge in [-0.1, -0.05) is 6.92 Å². The number of nitro groups is 1. The third-order valence-electron chi connectivity index (χ3n) is 2.23. The predicted octanol–water partition coefficient (Wildman–Crippen LogP) is 3.20. The predicted molar refractivity (Wildman–Crippen MR) is 67.2 cm³/mol. The maximum atomic E-state index is 11.5. The second-order valence-corrected chi connectivity index (χ2v) is 4.64. The number of non-ortho nitro benzene ring substituents is 1. The fourth-order valence-electron chi connectivity index (χ4n) is 1.08. The van der Waals surface area contributed by atoms with Crippen LogP contribution in [-0.4, -0.2) is 16.2 Å². The molecule has 1 atom stereocenters. The van der Waals surface area contributed by atoms with Gasteiger partial charge in [0.15, 0.2) is 0 Å². The number of nitrogens with zero attached hydrogens (tertiary/aromatic N) is 1. The Hall–Kier alpha value is -1.56. The van der Waals surface area contributed by atoms with Crippen LogP contribution in [0.3, 0.4) is 0 Å². The second-order valence-electron chi connectivity index (χ2n) is 3.59. The van der Waals surface area contributed by atoms with Crippen molar-refractivity contribution in [3.8, 4) is 0 Å². The number of hydrogen-bond donors (Lipinski definition) is 1. The molecule has 0 aromatic heterocycles. The minimum absolute atomic E-state index is 0.0247. The molecule has 0 heterocycles. The molecule has 1 aromatic carbocycles. The summed E-state index contributed by atoms with van der Waals surface area (Å²) in [6.45, 7) is 3.91. The van der Waals surface area contributed by atoms with Crippen molar-refractivity contribution >= 4 is 22.7 Å². The van der Waals surface area contributed by atoms with E-state index < -0.39 is 4.92 Å². The summed E-state index contributed by atoms with van der Waals surface area (Å²) < 4.78 is 0. The molecule has 0 aliphatic rings. The molecule has 5 nitrogen and oxygen atoms in total. The number of hydrogen-bond acceptors (Lipinski definition) is 4. The maximum absolute atomic E-state index is 11.5. The van der Waals surface area contributed by atoms with Gasteiger partial charge in [0, 0.05) is 23.1 Å². The average molecular weight is 254 g/mol. The number of nitro benzene ring substituents is 1. The van der Waals surface area contributed by atoms with Gasteiger partial charge in [-0.15, -0.1) is 0 Å². The van der Waals surface area contributed by atoms with E-state index in [0.717, 1.165) is 18.2 Å². The first-order valence-corrected chi connectivity index (χ1v) is 6.07. The van der Waals surface area contributed by atoms with Crippen molar-refractivity contribution in [1.29, 1.82) is 0 Å². The van der Waals surface area contributed by atoms with Gasteiger partial charge in [0.2, 0.25) is 0 Å². The summed E-state index contributed by atoms with van der Waals surface area (Å²) in [6, 6.07) is 6.04. The number of benzene rings is 1. The Bertz CT molecular complexity index is 406. The van der Waals surface area contributed by atoms with Crippen LogP contribution < -0.4 is 5.32 Å². The third kappa shape index (κ3) is 4.44. The Morgan fingerprint density at radius 2 is 2.06 bits per heavy atom. The highest BCUT2D eigenvalue weighted by Gasteiger charge is 2.09. The van der Waals surface area contributed by atoms with Crippen LogP contribution in [0.2, 0.25) is 0 Å². The van der Waals surface area contributed by atoms with E-state index in [2.05, 4.69) is 5.32 Å². The molecule has 0 aliphatic carbocycles. The van der Waals surface area contributed by atoms with E-state index in [4.69, 9.17) is 0 Å². The third-order valence-corrected chi connectivity index (χ3v) is 3.05. The lowest BCUT2D eigenvalue weighted by Crippen LogP contribution is -2.28. The Labute approximate surface area is 104 Å². The summed E-state index contributed by atoms with van der Waals surface area (Å²) in [5, 5.41) is 13.1. The fraction of sp³-hybridized carbons (Fsp3) is 0.364. The van der Waals surface area contributed by atoms with Crippen molar-refractivity contribution in [2.75, 3.05) is 0 Å². The number of nitrogens with one attached hydrogen (secondary N) is 1. The van der Waals surface area contributed by atoms with Gasteiger partial charge in [0.25, 0.3) is 10.9 Å². The van der Waals surface area contributed by atoms with Gasteiger partial charge in [0.1, 0.15) is 0 Å². The Kier molecular flexibility index (Phi) is 4.96. The highest BCUT2D eigenvalue weighted by molar-refractivity contribution is 8.13. The van der Waals surface area contributed by atoms with Crippen molar-refractivity contribution in [1.82, 2.24) is 5.32 Å². The van der Waals surface area contributed by atoms with Gasteiger partial charge < -0.3 is 5.32 Å². The van der Waals surface area contributed by atoms with Gasteiger partial charge in [-0.3, -0.25) is 14.9 Å². The zero-order chi connectivity index (χ0) is 12.8. The van der Waals surface area contributed by atoms with E-state index >= 15 is 0 Å². The first kappa shape index (κ1) is 13.5. The van der Waals surface area contributed by atoms with Crippen LogP contribution in [0.1, 0.15) is 20.3 Å². The van der Waals surface area contributed by atoms with E-state index in [9.17, 15) is 14.9 Å². The molecule has 1 N–H and O–H groups in total. The first-order valence-electron chi connectivity index (χ1n) is 5.25. The van der Waals surface area contributed by atoms with Crippen LogP contribution in [-0.2, 0) is 0 Å². The molecule has 0 bridgehead atoms. The normalized spacial score (nSPS) is 11.9. The van der Waals surface area contributed by atoms with Gasteiger partial charge in [0.05, 0.1) is 4.92 Å². The summed E-state index contributed by atoms with van der Waals surface area (Å²) in [6.07, 6.45) is 0.868. The van der Waals surface area contributed by atoms with Crippen LogP contribution in [0.25, 0.3) is 0 Å². The standard InChI is InChI=1S/C11H14N2O3S/c1-3-8(2)12-11(14)17-10-6-4-9(5-7-10)13(15)16/h4-8H,3H2,1-2H3,(H,12,14). The van der Waals surface area contributed by atoms with Gasteiger partial charge >= 0.3 is 0 Å². The second kappa shape index (κ2) is 6.24. The lowest BCUT2D eigenvalue weighted by molar-refractivity contribution is -0.384. The molecular formula is C11H14N2O3S. The summed E-state index contributed by atoms with van der Waals surface area (Å²) in [4.78, 5) is 22.2. The highest BCUT2D eigenvalue weighted by Crippen LogP contribution is 2.21. The Morgan fingerprint density at radius 1 is 1.47 bits per heavy atom. The lowest BCUT2D eigenvalue weighted by Gasteiger charge is -2.10. The molecule has 1 unspecified atom stereocenters. The molecular weight excluding hydrogens is 240 g/mol. The minimum Gasteiger partial charge on any atom is -0.344 e. The van der Waals surface area contributed by atoms with Crippen molar-refractivity contribution in [3.63, 3.8) is 0 Å². The minimum atomic E-state index is -0.465. The lowest BCUT2D eigenvalue weighted by atomic mass is 10.3. The monoisotopic (exact) mass is 254 g/mol. The average Bonchev–Trinajstić information content (AvgIpc) is 2.29. The maximum Gasteiger partial charge on any atom is 0.284 e. The Morgan fingerprint density at radius 3 is 2.53 bits per heavy atom. The van der Waals surface area contributed by atoms with Crippen molar-refractivity contribution < 1.29 is 9.72 Å². The molecule has 1 rings (SSSR count). The zero-order valence-corrected chi connectivity index (χ0v) is 10.5. The number of carbonyl (C=O) groups is 1. The van der Waals surface area contributed by atoms with Gasteiger partial charge in [-0.25, -0.2) is 0 Å². The first-order chi connectivity index (χ1) is 8.02. The van der Waals surface area contributed by atoms with Crippen LogP contribution in [0, 0.1) is 10.1 Å². The van der Waals surface area contributed by atoms with Crippen LogP contribution in [0.5, 0.6) is 0 Å². The Balaban J connectivity index is 2.57. The topological polar surface area (TPSA) is 72.2 Å². The fourth-order valence-corrected chi connectivity index (χ4v) is 1.82. The summed E-state index contributed by atoms with van der Waals surface area (Å²) in [5.41, 5.74) is 0.0247. The SMILES string of the molecule is CCC(C)NC(=O)Sc1ccc([N+](=O)[O-])cc1. The van der Waals surface area contributed by atoms with Crippen LogP contribution in [0.15, 0.2) is 29.2 Å². The quantitative estimate of drug-likeness (QED) is 0.508. The van der Waals surface area contributed by atoms with Gasteiger partial charge in [-0.05, 0) is 37.2 Å². The molecule has 1 amide bonds. The molecule has 0 aliphatic heterocycles. The molecule has 1 aromatic rings. The van der Waals surface area contributed by atoms with Crippen LogP contribution in [0.4, 0.5) is 10.5 Å². The molecule has 0 fully saturated rings.